The summed E-state index contributed by atoms with van der Waals surface area (Å²) in [6, 6.07) is 4.38. The minimum absolute atomic E-state index is 0.0502. The Morgan fingerprint density at radius 3 is 2.93 bits per heavy atom. The number of benzene rings is 1. The summed E-state index contributed by atoms with van der Waals surface area (Å²) in [6.07, 6.45) is 12.6. The number of carbonyl (C=O) groups excluding carboxylic acids is 2. The summed E-state index contributed by atoms with van der Waals surface area (Å²) in [4.78, 5) is 40.6. The molecule has 44 heavy (non-hydrogen) atoms. The lowest BCUT2D eigenvalue weighted by Crippen LogP contribution is -2.39. The van der Waals surface area contributed by atoms with Gasteiger partial charge in [0.1, 0.15) is 12.2 Å². The van der Waals surface area contributed by atoms with Gasteiger partial charge < -0.3 is 14.6 Å². The van der Waals surface area contributed by atoms with Crippen LogP contribution in [0.2, 0.25) is 5.02 Å². The number of carbonyl (C=O) groups is 2. The van der Waals surface area contributed by atoms with Gasteiger partial charge in [0.15, 0.2) is 5.82 Å². The van der Waals surface area contributed by atoms with E-state index in [1.54, 1.807) is 41.8 Å². The topological polar surface area (TPSA) is 137 Å². The van der Waals surface area contributed by atoms with Crippen molar-refractivity contribution in [2.45, 2.75) is 51.1 Å². The number of imidazole rings is 1. The normalized spacial score (nSPS) is 18.1. The van der Waals surface area contributed by atoms with E-state index >= 15 is 4.39 Å². The number of aromatic nitrogens is 8. The van der Waals surface area contributed by atoms with E-state index in [2.05, 4.69) is 30.5 Å². The zero-order valence-electron chi connectivity index (χ0n) is 23.7. The molecule has 5 aromatic rings. The number of nitrogens with zero attached hydrogens (tertiary/aromatic N) is 8. The SMILES string of the molecule is CCCCOC(=O)n1cc(-c2cnc([C@@H]3CCC4CC(c5c(-n6cnnn6)ccc(Cl)c5F)=CC(=O)N43)[nH]2)c2cnccc21. The lowest BCUT2D eigenvalue weighted by molar-refractivity contribution is -0.129. The van der Waals surface area contributed by atoms with E-state index in [1.165, 1.54) is 27.7 Å². The van der Waals surface area contributed by atoms with Gasteiger partial charge in [0.2, 0.25) is 5.91 Å². The molecule has 2 aliphatic rings. The van der Waals surface area contributed by atoms with Crippen molar-refractivity contribution in [3.63, 3.8) is 0 Å². The highest BCUT2D eigenvalue weighted by molar-refractivity contribution is 6.31. The standard InChI is InChI=1S/C30H27ClFN9O3/c1-2-3-10-44-30(43)39-15-20(19-13-33-9-8-23(19)39)22-14-34-29(36-22)25-6-4-18-11-17(12-26(42)41(18)25)27-24(40-16-35-37-38-40)7-5-21(31)28(27)32/h5,7-9,12-16,18,25H,2-4,6,10-11H2,1H3,(H,34,36)/t18?,25-/m0/s1. The summed E-state index contributed by atoms with van der Waals surface area (Å²) in [7, 11) is 0. The van der Waals surface area contributed by atoms with Crippen LogP contribution in [0.5, 0.6) is 0 Å². The number of pyridine rings is 1. The van der Waals surface area contributed by atoms with Crippen LogP contribution in [0.25, 0.3) is 33.4 Å². The molecule has 224 valence electrons. The largest absolute Gasteiger partial charge is 0.449 e. The Balaban J connectivity index is 1.18. The molecule has 7 rings (SSSR count). The monoisotopic (exact) mass is 615 g/mol. The van der Waals surface area contributed by atoms with Crippen LogP contribution in [-0.4, -0.2) is 69.3 Å². The summed E-state index contributed by atoms with van der Waals surface area (Å²) >= 11 is 6.15. The number of halogens is 2. The molecule has 0 spiro atoms. The number of hydrogen-bond acceptors (Lipinski definition) is 8. The Morgan fingerprint density at radius 2 is 2.11 bits per heavy atom. The van der Waals surface area contributed by atoms with Crippen molar-refractivity contribution in [2.24, 2.45) is 0 Å². The molecule has 1 unspecified atom stereocenters. The number of rotatable bonds is 7. The van der Waals surface area contributed by atoms with E-state index in [0.717, 1.165) is 23.8 Å². The molecule has 0 radical (unpaired) electrons. The van der Waals surface area contributed by atoms with E-state index in [4.69, 9.17) is 16.3 Å². The van der Waals surface area contributed by atoms with Crippen molar-refractivity contribution in [1.82, 2.24) is 44.6 Å². The number of hydrogen-bond donors (Lipinski definition) is 1. The van der Waals surface area contributed by atoms with Gasteiger partial charge in [-0.25, -0.2) is 14.2 Å². The van der Waals surface area contributed by atoms with Crippen molar-refractivity contribution in [3.8, 4) is 16.9 Å². The van der Waals surface area contributed by atoms with Gasteiger partial charge >= 0.3 is 6.09 Å². The zero-order valence-corrected chi connectivity index (χ0v) is 24.4. The van der Waals surface area contributed by atoms with E-state index in [9.17, 15) is 9.59 Å². The van der Waals surface area contributed by atoms with Crippen molar-refractivity contribution in [2.75, 3.05) is 6.61 Å². The summed E-state index contributed by atoms with van der Waals surface area (Å²) in [6.45, 7) is 2.38. The lowest BCUT2D eigenvalue weighted by Gasteiger charge is -2.33. The Bertz CT molecular complexity index is 1920. The number of fused-ring (bicyclic) bond motifs is 2. The first-order chi connectivity index (χ1) is 21.4. The van der Waals surface area contributed by atoms with Crippen LogP contribution in [0.3, 0.4) is 0 Å². The molecule has 1 N–H and O–H groups in total. The minimum Gasteiger partial charge on any atom is -0.449 e. The minimum atomic E-state index is -0.625. The molecule has 2 atom stereocenters. The van der Waals surface area contributed by atoms with Crippen LogP contribution < -0.4 is 0 Å². The second-order valence-electron chi connectivity index (χ2n) is 10.8. The second kappa shape index (κ2) is 11.3. The number of ether oxygens (including phenoxy) is 1. The molecule has 4 aromatic heterocycles. The molecule has 0 saturated carbocycles. The predicted octanol–water partition coefficient (Wildman–Crippen LogP) is 5.50. The molecule has 1 amide bonds. The third-order valence-corrected chi connectivity index (χ3v) is 8.52. The van der Waals surface area contributed by atoms with Crippen LogP contribution in [0.4, 0.5) is 9.18 Å². The third-order valence-electron chi connectivity index (χ3n) is 8.23. The molecule has 2 aliphatic heterocycles. The quantitative estimate of drug-likeness (QED) is 0.237. The van der Waals surface area contributed by atoms with Crippen LogP contribution in [0.1, 0.15) is 56.5 Å². The lowest BCUT2D eigenvalue weighted by atomic mass is 9.92. The van der Waals surface area contributed by atoms with Crippen LogP contribution in [0.15, 0.2) is 55.4 Å². The van der Waals surface area contributed by atoms with Gasteiger partial charge in [0.25, 0.3) is 0 Å². The zero-order chi connectivity index (χ0) is 30.4. The Labute approximate surface area is 255 Å². The summed E-state index contributed by atoms with van der Waals surface area (Å²) in [5.41, 5.74) is 3.25. The fourth-order valence-electron chi connectivity index (χ4n) is 6.16. The van der Waals surface area contributed by atoms with Gasteiger partial charge in [0, 0.05) is 47.2 Å². The van der Waals surface area contributed by atoms with Crippen molar-refractivity contribution in [3.05, 3.63) is 77.6 Å². The first-order valence-corrected chi connectivity index (χ1v) is 14.7. The highest BCUT2D eigenvalue weighted by Gasteiger charge is 2.42. The van der Waals surface area contributed by atoms with Crippen LogP contribution >= 0.6 is 11.6 Å². The number of nitrogens with one attached hydrogen (secondary N) is 1. The molecule has 12 nitrogen and oxygen atoms in total. The van der Waals surface area contributed by atoms with Crippen molar-refractivity contribution >= 4 is 40.1 Å². The van der Waals surface area contributed by atoms with E-state index < -0.39 is 11.9 Å². The smallest absolute Gasteiger partial charge is 0.418 e. The molecule has 0 bridgehead atoms. The highest BCUT2D eigenvalue weighted by Crippen LogP contribution is 2.44. The summed E-state index contributed by atoms with van der Waals surface area (Å²) < 4.78 is 23.7. The first kappa shape index (κ1) is 27.9. The summed E-state index contributed by atoms with van der Waals surface area (Å²) in [5, 5.41) is 11.9. The fourth-order valence-corrected chi connectivity index (χ4v) is 6.32. The number of amides is 1. The Hall–Kier alpha value is -4.91. The van der Waals surface area contributed by atoms with Gasteiger partial charge in [-0.1, -0.05) is 24.9 Å². The molecule has 0 aliphatic carbocycles. The van der Waals surface area contributed by atoms with Gasteiger partial charge in [-0.15, -0.1) is 5.10 Å². The highest BCUT2D eigenvalue weighted by atomic mass is 35.5. The average Bonchev–Trinajstić information content (AvgIpc) is 3.84. The molecular weight excluding hydrogens is 589 g/mol. The predicted molar refractivity (Wildman–Crippen MR) is 158 cm³/mol. The molecule has 14 heteroatoms. The van der Waals surface area contributed by atoms with E-state index in [-0.39, 0.29) is 28.6 Å². The second-order valence-corrected chi connectivity index (χ2v) is 11.2. The number of aromatic amines is 1. The van der Waals surface area contributed by atoms with E-state index in [0.29, 0.717) is 54.2 Å². The maximum atomic E-state index is 15.4. The fraction of sp³-hybridized carbons (Fsp3) is 0.300. The van der Waals surface area contributed by atoms with Gasteiger partial charge in [0.05, 0.1) is 40.8 Å². The van der Waals surface area contributed by atoms with Crippen molar-refractivity contribution in [1.29, 1.82) is 0 Å². The average molecular weight is 616 g/mol. The van der Waals surface area contributed by atoms with E-state index in [1.807, 2.05) is 6.92 Å². The number of tetrazole rings is 1. The molecular formula is C30H27ClFN9O3. The summed E-state index contributed by atoms with van der Waals surface area (Å²) in [5.74, 6) is -0.235. The molecule has 1 fully saturated rings. The third kappa shape index (κ3) is 4.73. The molecule has 1 aromatic carbocycles. The van der Waals surface area contributed by atoms with Gasteiger partial charge in [-0.2, -0.15) is 4.68 Å². The van der Waals surface area contributed by atoms with Crippen LogP contribution in [0, 0.1) is 5.82 Å². The maximum Gasteiger partial charge on any atom is 0.418 e. The van der Waals surface area contributed by atoms with Crippen molar-refractivity contribution < 1.29 is 18.7 Å². The van der Waals surface area contributed by atoms with Gasteiger partial charge in [-0.3, -0.25) is 14.3 Å². The Kier molecular flexibility index (Phi) is 7.17. The maximum absolute atomic E-state index is 15.4. The van der Waals surface area contributed by atoms with Crippen LogP contribution in [-0.2, 0) is 9.53 Å². The molecule has 1 saturated heterocycles. The Morgan fingerprint density at radius 1 is 1.23 bits per heavy atom. The van der Waals surface area contributed by atoms with Gasteiger partial charge in [-0.05, 0) is 59.9 Å². The number of H-pyrrole nitrogens is 1. The first-order valence-electron chi connectivity index (χ1n) is 14.4. The number of unbranched alkanes of at least 4 members (excludes halogenated alkanes) is 1. The molecule has 6 heterocycles.